The summed E-state index contributed by atoms with van der Waals surface area (Å²) in [5, 5.41) is 0. The van der Waals surface area contributed by atoms with Crippen LogP contribution in [0.2, 0.25) is 0 Å². The molecule has 92 valence electrons. The molecule has 0 unspecified atom stereocenters. The highest BCUT2D eigenvalue weighted by molar-refractivity contribution is 5.92. The molecule has 5 heteroatoms. The third kappa shape index (κ3) is 1.64. The van der Waals surface area contributed by atoms with Gasteiger partial charge in [-0.15, -0.1) is 0 Å². The second-order valence-corrected chi connectivity index (χ2v) is 4.46. The van der Waals surface area contributed by atoms with E-state index in [0.29, 0.717) is 24.5 Å². The van der Waals surface area contributed by atoms with Gasteiger partial charge in [-0.05, 0) is 30.2 Å². The van der Waals surface area contributed by atoms with E-state index in [1.807, 2.05) is 18.2 Å². The number of hydrogen-bond acceptors (Lipinski definition) is 4. The quantitative estimate of drug-likeness (QED) is 0.774. The average molecular weight is 243 g/mol. The van der Waals surface area contributed by atoms with Gasteiger partial charge in [-0.2, -0.15) is 0 Å². The van der Waals surface area contributed by atoms with Crippen LogP contribution in [0.1, 0.15) is 27.4 Å². The Morgan fingerprint density at radius 2 is 2.17 bits per heavy atom. The molecule has 2 heterocycles. The monoisotopic (exact) mass is 243 g/mol. The van der Waals surface area contributed by atoms with Crippen molar-refractivity contribution in [2.75, 3.05) is 5.73 Å². The molecule has 0 radical (unpaired) electrons. The van der Waals surface area contributed by atoms with E-state index in [1.165, 1.54) is 6.39 Å². The fourth-order valence-corrected chi connectivity index (χ4v) is 2.21. The number of benzene rings is 1. The standard InChI is InChI=1S/C13H13N3O2/c1-8-12(18-7-15-8)13(17)16-5-9-2-3-11(14)4-10(9)6-16/h2-4,7H,5-6,14H2,1H3. The number of nitrogen functional groups attached to an aromatic ring is 1. The van der Waals surface area contributed by atoms with Crippen LogP contribution in [0, 0.1) is 6.92 Å². The first-order chi connectivity index (χ1) is 8.65. The lowest BCUT2D eigenvalue weighted by Gasteiger charge is -2.13. The molecular weight excluding hydrogens is 230 g/mol. The van der Waals surface area contributed by atoms with E-state index in [2.05, 4.69) is 4.98 Å². The number of rotatable bonds is 1. The van der Waals surface area contributed by atoms with Crippen LogP contribution in [0.3, 0.4) is 0 Å². The van der Waals surface area contributed by atoms with Crippen LogP contribution in [0.5, 0.6) is 0 Å². The minimum atomic E-state index is -0.125. The largest absolute Gasteiger partial charge is 0.438 e. The molecule has 1 aliphatic rings. The van der Waals surface area contributed by atoms with Crippen LogP contribution in [0.15, 0.2) is 29.0 Å². The second kappa shape index (κ2) is 3.87. The summed E-state index contributed by atoms with van der Waals surface area (Å²) < 4.78 is 5.13. The van der Waals surface area contributed by atoms with E-state index >= 15 is 0 Å². The van der Waals surface area contributed by atoms with Crippen LogP contribution >= 0.6 is 0 Å². The second-order valence-electron chi connectivity index (χ2n) is 4.46. The van der Waals surface area contributed by atoms with Crippen molar-refractivity contribution in [3.63, 3.8) is 0 Å². The average Bonchev–Trinajstić information content (AvgIpc) is 2.93. The van der Waals surface area contributed by atoms with Crippen molar-refractivity contribution in [1.82, 2.24) is 9.88 Å². The van der Waals surface area contributed by atoms with E-state index in [9.17, 15) is 4.79 Å². The van der Waals surface area contributed by atoms with Crippen molar-refractivity contribution in [2.45, 2.75) is 20.0 Å². The Kier molecular flexibility index (Phi) is 2.33. The number of carbonyl (C=O) groups is 1. The van der Waals surface area contributed by atoms with E-state index in [0.717, 1.165) is 16.8 Å². The topological polar surface area (TPSA) is 72.4 Å². The predicted octanol–water partition coefficient (Wildman–Crippen LogP) is 1.72. The highest BCUT2D eigenvalue weighted by atomic mass is 16.3. The summed E-state index contributed by atoms with van der Waals surface area (Å²) >= 11 is 0. The maximum atomic E-state index is 12.2. The number of anilines is 1. The van der Waals surface area contributed by atoms with Crippen molar-refractivity contribution in [3.05, 3.63) is 47.2 Å². The fraction of sp³-hybridized carbons (Fsp3) is 0.231. The zero-order valence-corrected chi connectivity index (χ0v) is 10.0. The number of aryl methyl sites for hydroxylation is 1. The Balaban J connectivity index is 1.86. The molecule has 0 aliphatic carbocycles. The number of carbonyl (C=O) groups excluding carboxylic acids is 1. The molecule has 1 aromatic heterocycles. The van der Waals surface area contributed by atoms with Gasteiger partial charge in [0.1, 0.15) is 0 Å². The minimum absolute atomic E-state index is 0.125. The van der Waals surface area contributed by atoms with E-state index in [-0.39, 0.29) is 5.91 Å². The van der Waals surface area contributed by atoms with E-state index in [1.54, 1.807) is 11.8 Å². The Hall–Kier alpha value is -2.30. The number of amides is 1. The summed E-state index contributed by atoms with van der Waals surface area (Å²) in [5.74, 6) is 0.190. The Labute approximate surface area is 104 Å². The predicted molar refractivity (Wildman–Crippen MR) is 65.7 cm³/mol. The van der Waals surface area contributed by atoms with Crippen molar-refractivity contribution in [3.8, 4) is 0 Å². The maximum absolute atomic E-state index is 12.2. The van der Waals surface area contributed by atoms with Gasteiger partial charge in [0, 0.05) is 18.8 Å². The number of hydrogen-bond donors (Lipinski definition) is 1. The molecule has 0 atom stereocenters. The number of nitrogens with two attached hydrogens (primary N) is 1. The van der Waals surface area contributed by atoms with Crippen LogP contribution in [-0.4, -0.2) is 15.8 Å². The Bertz CT molecular complexity index is 618. The van der Waals surface area contributed by atoms with Crippen molar-refractivity contribution < 1.29 is 9.21 Å². The first-order valence-corrected chi connectivity index (χ1v) is 5.72. The number of nitrogens with zero attached hydrogens (tertiary/aromatic N) is 2. The molecule has 1 aliphatic heterocycles. The molecule has 1 aromatic carbocycles. The van der Waals surface area contributed by atoms with Crippen molar-refractivity contribution >= 4 is 11.6 Å². The highest BCUT2D eigenvalue weighted by Gasteiger charge is 2.27. The third-order valence-corrected chi connectivity index (χ3v) is 3.18. The van der Waals surface area contributed by atoms with Crippen molar-refractivity contribution in [2.24, 2.45) is 0 Å². The molecule has 2 N–H and O–H groups in total. The van der Waals surface area contributed by atoms with Gasteiger partial charge in [0.05, 0.1) is 5.69 Å². The molecular formula is C13H13N3O2. The number of aromatic nitrogens is 1. The summed E-state index contributed by atoms with van der Waals surface area (Å²) in [6.45, 7) is 2.92. The van der Waals surface area contributed by atoms with Gasteiger partial charge >= 0.3 is 0 Å². The first kappa shape index (κ1) is 10.8. The van der Waals surface area contributed by atoms with E-state index < -0.39 is 0 Å². The molecule has 0 saturated carbocycles. The molecule has 0 fully saturated rings. The summed E-state index contributed by atoms with van der Waals surface area (Å²) in [6, 6.07) is 5.73. The molecule has 5 nitrogen and oxygen atoms in total. The third-order valence-electron chi connectivity index (χ3n) is 3.18. The fourth-order valence-electron chi connectivity index (χ4n) is 2.21. The molecule has 2 aromatic rings. The zero-order chi connectivity index (χ0) is 12.7. The number of fused-ring (bicyclic) bond motifs is 1. The lowest BCUT2D eigenvalue weighted by Crippen LogP contribution is -2.25. The smallest absolute Gasteiger partial charge is 0.292 e. The summed E-state index contributed by atoms with van der Waals surface area (Å²) in [7, 11) is 0. The van der Waals surface area contributed by atoms with Crippen LogP contribution in [0.4, 0.5) is 5.69 Å². The Morgan fingerprint density at radius 1 is 1.39 bits per heavy atom. The van der Waals surface area contributed by atoms with Gasteiger partial charge < -0.3 is 15.1 Å². The zero-order valence-electron chi connectivity index (χ0n) is 10.0. The Morgan fingerprint density at radius 3 is 2.89 bits per heavy atom. The maximum Gasteiger partial charge on any atom is 0.292 e. The van der Waals surface area contributed by atoms with Gasteiger partial charge in [-0.25, -0.2) is 4.98 Å². The van der Waals surface area contributed by atoms with Gasteiger partial charge in [-0.1, -0.05) is 6.07 Å². The molecule has 3 rings (SSSR count). The lowest BCUT2D eigenvalue weighted by atomic mass is 10.1. The van der Waals surface area contributed by atoms with Crippen LogP contribution < -0.4 is 5.73 Å². The summed E-state index contributed by atoms with van der Waals surface area (Å²) in [4.78, 5) is 17.9. The van der Waals surface area contributed by atoms with Crippen molar-refractivity contribution in [1.29, 1.82) is 0 Å². The summed E-state index contributed by atoms with van der Waals surface area (Å²) in [6.07, 6.45) is 1.30. The molecule has 0 spiro atoms. The first-order valence-electron chi connectivity index (χ1n) is 5.72. The molecule has 0 saturated heterocycles. The number of oxazole rings is 1. The van der Waals surface area contributed by atoms with Gasteiger partial charge in [-0.3, -0.25) is 4.79 Å². The minimum Gasteiger partial charge on any atom is -0.438 e. The molecule has 1 amide bonds. The highest BCUT2D eigenvalue weighted by Crippen LogP contribution is 2.26. The van der Waals surface area contributed by atoms with Gasteiger partial charge in [0.2, 0.25) is 5.76 Å². The molecule has 18 heavy (non-hydrogen) atoms. The van der Waals surface area contributed by atoms with Gasteiger partial charge in [0.25, 0.3) is 5.91 Å². The van der Waals surface area contributed by atoms with E-state index in [4.69, 9.17) is 10.2 Å². The van der Waals surface area contributed by atoms with Gasteiger partial charge in [0.15, 0.2) is 6.39 Å². The SMILES string of the molecule is Cc1ncoc1C(=O)N1Cc2ccc(N)cc2C1. The normalized spacial score (nSPS) is 13.7. The van der Waals surface area contributed by atoms with Crippen LogP contribution in [-0.2, 0) is 13.1 Å². The summed E-state index contributed by atoms with van der Waals surface area (Å²) in [5.41, 5.74) is 9.31. The lowest BCUT2D eigenvalue weighted by molar-refractivity contribution is 0.0718. The molecule has 0 bridgehead atoms. The van der Waals surface area contributed by atoms with Crippen LogP contribution in [0.25, 0.3) is 0 Å².